The fraction of sp³-hybridized carbons (Fsp3) is 0.0323. The van der Waals surface area contributed by atoms with Crippen molar-refractivity contribution in [2.75, 3.05) is 0 Å². The molecule has 0 nitrogen and oxygen atoms in total. The minimum Gasteiger partial charge on any atom is -0.114 e. The monoisotopic (exact) mass is 476 g/mol. The van der Waals surface area contributed by atoms with Crippen LogP contribution in [-0.2, 0) is 5.41 Å². The van der Waals surface area contributed by atoms with Crippen LogP contribution in [0.5, 0.6) is 0 Å². The van der Waals surface area contributed by atoms with Gasteiger partial charge in [0.2, 0.25) is 0 Å². The lowest BCUT2D eigenvalue weighted by atomic mass is 9.63. The van der Waals surface area contributed by atoms with Crippen molar-refractivity contribution in [3.63, 3.8) is 0 Å². The normalized spacial score (nSPS) is 10.9. The van der Waals surface area contributed by atoms with Gasteiger partial charge in [0.25, 0.3) is 0 Å². The van der Waals surface area contributed by atoms with Crippen molar-refractivity contribution in [3.8, 4) is 11.1 Å². The molecule has 0 unspecified atom stereocenters. The van der Waals surface area contributed by atoms with Gasteiger partial charge in [-0.05, 0) is 33.4 Å². The lowest BCUT2D eigenvalue weighted by Crippen LogP contribution is -2.31. The van der Waals surface area contributed by atoms with Gasteiger partial charge >= 0.3 is 0 Å². The molecule has 5 aromatic rings. The van der Waals surface area contributed by atoms with Gasteiger partial charge in [-0.3, -0.25) is 0 Å². The Bertz CT molecular complexity index is 1150. The van der Waals surface area contributed by atoms with E-state index in [0.29, 0.717) is 0 Å². The molecule has 0 N–H and O–H groups in total. The predicted molar refractivity (Wildman–Crippen MR) is 141 cm³/mol. The lowest BCUT2D eigenvalue weighted by Gasteiger charge is -2.38. The third-order valence-corrected chi connectivity index (χ3v) is 6.04. The van der Waals surface area contributed by atoms with Crippen LogP contribution in [0.4, 0.5) is 0 Å². The number of hydrogen-bond donors (Lipinski definition) is 0. The quantitative estimate of drug-likeness (QED) is 0.223. The van der Waals surface area contributed by atoms with Gasteiger partial charge < -0.3 is 0 Å². The Kier molecular flexibility index (Phi) is 6.68. The summed E-state index contributed by atoms with van der Waals surface area (Å²) >= 11 is 0. The summed E-state index contributed by atoms with van der Waals surface area (Å²) in [6, 6.07) is 52.1. The Morgan fingerprint density at radius 1 is 0.344 bits per heavy atom. The molecule has 0 saturated heterocycles. The second-order valence-electron chi connectivity index (χ2n) is 7.76. The third-order valence-electron chi connectivity index (χ3n) is 6.04. The zero-order valence-corrected chi connectivity index (χ0v) is 19.5. The molecule has 0 heterocycles. The Hall–Kier alpha value is -3.42. The molecule has 0 aliphatic heterocycles. The molecule has 0 aromatic heterocycles. The zero-order valence-electron chi connectivity index (χ0n) is 17.8. The zero-order chi connectivity index (χ0) is 20.9. The summed E-state index contributed by atoms with van der Waals surface area (Å²) in [4.78, 5) is 0. The molecule has 0 amide bonds. The van der Waals surface area contributed by atoms with Gasteiger partial charge in [0.05, 0.1) is 5.41 Å². The van der Waals surface area contributed by atoms with E-state index in [1.807, 2.05) is 0 Å². The van der Waals surface area contributed by atoms with Gasteiger partial charge in [0.15, 0.2) is 0 Å². The van der Waals surface area contributed by atoms with E-state index in [2.05, 4.69) is 146 Å². The van der Waals surface area contributed by atoms with Crippen LogP contribution in [0.15, 0.2) is 146 Å². The lowest BCUT2D eigenvalue weighted by molar-refractivity contribution is 0.747. The Labute approximate surface area is 201 Å². The predicted octanol–water partition coefficient (Wildman–Crippen LogP) is 8.31. The molecule has 0 fully saturated rings. The molecular formula is C31H25Br. The first kappa shape index (κ1) is 21.8. The fourth-order valence-electron chi connectivity index (χ4n) is 4.71. The standard InChI is InChI=1S/C31H24.BrH/c1-5-15-25(16-6-1)29-23-13-14-24-30(29)31(26-17-7-2-8-18-26,27-19-9-3-10-20-27)28-21-11-4-12-22-28;/h1-24H;1H. The maximum Gasteiger partial charge on any atom is 0.0707 e. The van der Waals surface area contributed by atoms with E-state index >= 15 is 0 Å². The topological polar surface area (TPSA) is 0 Å². The van der Waals surface area contributed by atoms with Crippen LogP contribution in [0.1, 0.15) is 22.3 Å². The fourth-order valence-corrected chi connectivity index (χ4v) is 4.71. The largest absolute Gasteiger partial charge is 0.114 e. The Balaban J connectivity index is 0.00000245. The van der Waals surface area contributed by atoms with Crippen LogP contribution >= 0.6 is 17.0 Å². The van der Waals surface area contributed by atoms with Gasteiger partial charge in [-0.15, -0.1) is 17.0 Å². The Morgan fingerprint density at radius 2 is 0.688 bits per heavy atom. The summed E-state index contributed by atoms with van der Waals surface area (Å²) in [7, 11) is 0. The second-order valence-corrected chi connectivity index (χ2v) is 7.76. The molecule has 0 radical (unpaired) electrons. The highest BCUT2D eigenvalue weighted by molar-refractivity contribution is 8.93. The summed E-state index contributed by atoms with van der Waals surface area (Å²) < 4.78 is 0. The Morgan fingerprint density at radius 3 is 1.12 bits per heavy atom. The molecule has 0 atom stereocenters. The highest BCUT2D eigenvalue weighted by Crippen LogP contribution is 2.48. The SMILES string of the molecule is Br.c1ccc(-c2ccccc2C(c2ccccc2)(c2ccccc2)c2ccccc2)cc1. The van der Waals surface area contributed by atoms with Crippen molar-refractivity contribution in [1.29, 1.82) is 0 Å². The molecule has 32 heavy (non-hydrogen) atoms. The van der Waals surface area contributed by atoms with Gasteiger partial charge in [-0.25, -0.2) is 0 Å². The van der Waals surface area contributed by atoms with Gasteiger partial charge in [-0.2, -0.15) is 0 Å². The summed E-state index contributed by atoms with van der Waals surface area (Å²) in [5, 5.41) is 0. The molecule has 0 aliphatic rings. The molecule has 0 saturated carbocycles. The molecule has 0 spiro atoms. The average molecular weight is 477 g/mol. The molecule has 0 aliphatic carbocycles. The molecule has 1 heteroatoms. The highest BCUT2D eigenvalue weighted by Gasteiger charge is 2.39. The van der Waals surface area contributed by atoms with Crippen LogP contribution in [-0.4, -0.2) is 0 Å². The van der Waals surface area contributed by atoms with Gasteiger partial charge in [0, 0.05) is 0 Å². The maximum absolute atomic E-state index is 2.29. The second kappa shape index (κ2) is 9.80. The van der Waals surface area contributed by atoms with Crippen molar-refractivity contribution in [1.82, 2.24) is 0 Å². The van der Waals surface area contributed by atoms with E-state index < -0.39 is 5.41 Å². The van der Waals surface area contributed by atoms with Crippen molar-refractivity contribution in [2.24, 2.45) is 0 Å². The minimum absolute atomic E-state index is 0. The maximum atomic E-state index is 2.29. The van der Waals surface area contributed by atoms with E-state index in [1.165, 1.54) is 33.4 Å². The van der Waals surface area contributed by atoms with E-state index in [1.54, 1.807) is 0 Å². The number of benzene rings is 5. The summed E-state index contributed by atoms with van der Waals surface area (Å²) in [6.07, 6.45) is 0. The molecule has 5 aromatic carbocycles. The van der Waals surface area contributed by atoms with Crippen LogP contribution in [0.25, 0.3) is 11.1 Å². The first-order valence-electron chi connectivity index (χ1n) is 10.7. The van der Waals surface area contributed by atoms with Crippen molar-refractivity contribution < 1.29 is 0 Å². The average Bonchev–Trinajstić information content (AvgIpc) is 2.87. The van der Waals surface area contributed by atoms with E-state index in [0.717, 1.165) is 0 Å². The van der Waals surface area contributed by atoms with Gasteiger partial charge in [0.1, 0.15) is 0 Å². The summed E-state index contributed by atoms with van der Waals surface area (Å²) in [5.41, 5.74) is 7.10. The summed E-state index contributed by atoms with van der Waals surface area (Å²) in [5.74, 6) is 0. The molecule has 5 rings (SSSR count). The molecule has 0 bridgehead atoms. The first-order chi connectivity index (χ1) is 15.4. The highest BCUT2D eigenvalue weighted by atomic mass is 79.9. The van der Waals surface area contributed by atoms with Crippen LogP contribution in [0.2, 0.25) is 0 Å². The van der Waals surface area contributed by atoms with Crippen LogP contribution in [0, 0.1) is 0 Å². The van der Waals surface area contributed by atoms with Crippen LogP contribution < -0.4 is 0 Å². The van der Waals surface area contributed by atoms with E-state index in [-0.39, 0.29) is 17.0 Å². The number of hydrogen-bond acceptors (Lipinski definition) is 0. The molecular weight excluding hydrogens is 452 g/mol. The smallest absolute Gasteiger partial charge is 0.0707 e. The van der Waals surface area contributed by atoms with E-state index in [9.17, 15) is 0 Å². The van der Waals surface area contributed by atoms with Crippen molar-refractivity contribution >= 4 is 17.0 Å². The summed E-state index contributed by atoms with van der Waals surface area (Å²) in [6.45, 7) is 0. The minimum atomic E-state index is -0.434. The number of halogens is 1. The van der Waals surface area contributed by atoms with Crippen molar-refractivity contribution in [3.05, 3.63) is 168 Å². The van der Waals surface area contributed by atoms with Crippen LogP contribution in [0.3, 0.4) is 0 Å². The third kappa shape index (κ3) is 3.81. The van der Waals surface area contributed by atoms with Gasteiger partial charge in [-0.1, -0.05) is 146 Å². The number of rotatable bonds is 5. The molecule has 156 valence electrons. The van der Waals surface area contributed by atoms with Crippen molar-refractivity contribution in [2.45, 2.75) is 5.41 Å². The van der Waals surface area contributed by atoms with E-state index in [4.69, 9.17) is 0 Å². The first-order valence-corrected chi connectivity index (χ1v) is 10.7.